The summed E-state index contributed by atoms with van der Waals surface area (Å²) in [4.78, 5) is 14.9. The van der Waals surface area contributed by atoms with Crippen molar-refractivity contribution in [3.05, 3.63) is 21.9 Å². The third-order valence-electron chi connectivity index (χ3n) is 4.07. The lowest BCUT2D eigenvalue weighted by Crippen LogP contribution is -2.29. The summed E-state index contributed by atoms with van der Waals surface area (Å²) in [5, 5.41) is 0. The molecular weight excluding hydrogens is 240 g/mol. The average Bonchev–Trinajstić information content (AvgIpc) is 2.77. The van der Waals surface area contributed by atoms with Crippen LogP contribution in [0.4, 0.5) is 0 Å². The van der Waals surface area contributed by atoms with Gasteiger partial charge < -0.3 is 0 Å². The number of carbonyl (C=O) groups excluding carboxylic acids is 1. The van der Waals surface area contributed by atoms with Crippen LogP contribution in [0.15, 0.2) is 12.1 Å². The number of hydrogen-bond acceptors (Lipinski definition) is 2. The molecule has 1 saturated carbocycles. The van der Waals surface area contributed by atoms with Gasteiger partial charge >= 0.3 is 0 Å². The summed E-state index contributed by atoms with van der Waals surface area (Å²) in [6, 6.07) is 4.16. The maximum Gasteiger partial charge on any atom is 0.178 e. The molecule has 1 aliphatic carbocycles. The third kappa shape index (κ3) is 2.69. The lowest BCUT2D eigenvalue weighted by molar-refractivity contribution is 0.0754. The molecule has 1 aromatic rings. The van der Waals surface area contributed by atoms with Crippen LogP contribution in [-0.4, -0.2) is 5.78 Å². The van der Waals surface area contributed by atoms with E-state index in [1.807, 2.05) is 6.07 Å². The summed E-state index contributed by atoms with van der Waals surface area (Å²) in [6.07, 6.45) is 5.84. The maximum absolute atomic E-state index is 12.7. The zero-order valence-electron chi connectivity index (χ0n) is 12.0. The molecule has 1 aliphatic rings. The van der Waals surface area contributed by atoms with Crippen molar-refractivity contribution in [2.24, 2.45) is 5.41 Å². The molecule has 0 aliphatic heterocycles. The zero-order valence-corrected chi connectivity index (χ0v) is 12.8. The largest absolute Gasteiger partial charge is 0.293 e. The van der Waals surface area contributed by atoms with Crippen LogP contribution in [0.5, 0.6) is 0 Å². The van der Waals surface area contributed by atoms with E-state index in [0.717, 1.165) is 17.7 Å². The van der Waals surface area contributed by atoms with Gasteiger partial charge in [-0.1, -0.05) is 47.0 Å². The molecule has 100 valence electrons. The van der Waals surface area contributed by atoms with Gasteiger partial charge in [0.15, 0.2) is 5.78 Å². The standard InChI is InChI=1S/C16H24OS/c1-15(2,3)13-9-8-12(18-13)14(17)16(4)10-6-5-7-11-16/h8-9H,5-7,10-11H2,1-4H3. The number of Topliss-reactive ketones (excluding diaryl/α,β-unsaturated/α-hetero) is 1. The van der Waals surface area contributed by atoms with E-state index >= 15 is 0 Å². The van der Waals surface area contributed by atoms with Crippen LogP contribution < -0.4 is 0 Å². The molecule has 1 heterocycles. The molecule has 0 bridgehead atoms. The van der Waals surface area contributed by atoms with E-state index in [9.17, 15) is 4.79 Å². The minimum absolute atomic E-state index is 0.0990. The van der Waals surface area contributed by atoms with Crippen molar-refractivity contribution >= 4 is 17.1 Å². The Morgan fingerprint density at radius 2 is 1.78 bits per heavy atom. The van der Waals surface area contributed by atoms with Gasteiger partial charge in [-0.25, -0.2) is 0 Å². The van der Waals surface area contributed by atoms with Gasteiger partial charge in [-0.3, -0.25) is 4.79 Å². The maximum atomic E-state index is 12.7. The monoisotopic (exact) mass is 264 g/mol. The molecule has 0 saturated heterocycles. The highest BCUT2D eigenvalue weighted by Crippen LogP contribution is 2.40. The van der Waals surface area contributed by atoms with E-state index in [1.165, 1.54) is 24.1 Å². The highest BCUT2D eigenvalue weighted by molar-refractivity contribution is 7.14. The van der Waals surface area contributed by atoms with E-state index in [-0.39, 0.29) is 10.8 Å². The first-order chi connectivity index (χ1) is 8.33. The van der Waals surface area contributed by atoms with Crippen molar-refractivity contribution in [3.63, 3.8) is 0 Å². The lowest BCUT2D eigenvalue weighted by Gasteiger charge is -2.31. The minimum atomic E-state index is -0.0990. The van der Waals surface area contributed by atoms with Gasteiger partial charge in [0.1, 0.15) is 0 Å². The molecule has 0 N–H and O–H groups in total. The molecule has 1 aromatic heterocycles. The molecule has 2 heteroatoms. The first-order valence-corrected chi connectivity index (χ1v) is 7.80. The molecule has 0 unspecified atom stereocenters. The number of thiophene rings is 1. The van der Waals surface area contributed by atoms with Crippen molar-refractivity contribution in [2.45, 2.75) is 65.2 Å². The van der Waals surface area contributed by atoms with E-state index in [1.54, 1.807) is 11.3 Å². The third-order valence-corrected chi connectivity index (χ3v) is 5.58. The Labute approximate surface area is 115 Å². The van der Waals surface area contributed by atoms with Gasteiger partial charge in [-0.15, -0.1) is 11.3 Å². The fraction of sp³-hybridized carbons (Fsp3) is 0.688. The van der Waals surface area contributed by atoms with Crippen LogP contribution in [0, 0.1) is 5.41 Å². The SMILES string of the molecule is CC1(C(=O)c2ccc(C(C)(C)C)s2)CCCCC1. The molecule has 0 atom stereocenters. The summed E-state index contributed by atoms with van der Waals surface area (Å²) in [6.45, 7) is 8.77. The van der Waals surface area contributed by atoms with Gasteiger partial charge in [-0.05, 0) is 30.4 Å². The van der Waals surface area contributed by atoms with Gasteiger partial charge in [0.25, 0.3) is 0 Å². The fourth-order valence-corrected chi connectivity index (χ4v) is 3.87. The molecule has 0 amide bonds. The zero-order chi connectivity index (χ0) is 13.4. The van der Waals surface area contributed by atoms with Crippen molar-refractivity contribution < 1.29 is 4.79 Å². The molecule has 18 heavy (non-hydrogen) atoms. The van der Waals surface area contributed by atoms with Crippen molar-refractivity contribution in [3.8, 4) is 0 Å². The highest BCUT2D eigenvalue weighted by atomic mass is 32.1. The summed E-state index contributed by atoms with van der Waals surface area (Å²) in [5.74, 6) is 0.378. The molecular formula is C16H24OS. The van der Waals surface area contributed by atoms with Crippen molar-refractivity contribution in [1.82, 2.24) is 0 Å². The molecule has 1 fully saturated rings. The minimum Gasteiger partial charge on any atom is -0.293 e. The molecule has 2 rings (SSSR count). The normalized spacial score (nSPS) is 19.8. The first kappa shape index (κ1) is 13.8. The van der Waals surface area contributed by atoms with Gasteiger partial charge in [0.2, 0.25) is 0 Å². The number of carbonyl (C=O) groups is 1. The second-order valence-corrected chi connectivity index (χ2v) is 7.95. The first-order valence-electron chi connectivity index (χ1n) is 6.98. The quantitative estimate of drug-likeness (QED) is 0.671. The van der Waals surface area contributed by atoms with Crippen LogP contribution in [0.3, 0.4) is 0 Å². The van der Waals surface area contributed by atoms with E-state index in [2.05, 4.69) is 33.8 Å². The van der Waals surface area contributed by atoms with Crippen LogP contribution in [0.1, 0.15) is 74.3 Å². The molecule has 0 spiro atoms. The van der Waals surface area contributed by atoms with E-state index in [0.29, 0.717) is 5.78 Å². The Morgan fingerprint density at radius 1 is 1.17 bits per heavy atom. The Kier molecular flexibility index (Phi) is 3.68. The number of ketones is 1. The Balaban J connectivity index is 2.21. The average molecular weight is 264 g/mol. The summed E-state index contributed by atoms with van der Waals surface area (Å²) < 4.78 is 0. The summed E-state index contributed by atoms with van der Waals surface area (Å²) in [5.41, 5.74) is 0.0505. The highest BCUT2D eigenvalue weighted by Gasteiger charge is 2.36. The lowest BCUT2D eigenvalue weighted by atomic mass is 9.72. The Hall–Kier alpha value is -0.630. The predicted octanol–water partition coefficient (Wildman–Crippen LogP) is 5.20. The molecule has 1 nitrogen and oxygen atoms in total. The molecule has 0 aromatic carbocycles. The van der Waals surface area contributed by atoms with E-state index < -0.39 is 0 Å². The second kappa shape index (κ2) is 4.80. The van der Waals surface area contributed by atoms with Gasteiger partial charge in [0, 0.05) is 10.3 Å². The molecule has 0 radical (unpaired) electrons. The van der Waals surface area contributed by atoms with Gasteiger partial charge in [-0.2, -0.15) is 0 Å². The Bertz CT molecular complexity index is 430. The van der Waals surface area contributed by atoms with Gasteiger partial charge in [0.05, 0.1) is 4.88 Å². The topological polar surface area (TPSA) is 17.1 Å². The number of hydrogen-bond donors (Lipinski definition) is 0. The second-order valence-electron chi connectivity index (χ2n) is 6.86. The summed E-state index contributed by atoms with van der Waals surface area (Å²) >= 11 is 1.69. The smallest absolute Gasteiger partial charge is 0.178 e. The van der Waals surface area contributed by atoms with Crippen LogP contribution in [-0.2, 0) is 5.41 Å². The fourth-order valence-electron chi connectivity index (χ4n) is 2.72. The van der Waals surface area contributed by atoms with Crippen molar-refractivity contribution in [1.29, 1.82) is 0 Å². The van der Waals surface area contributed by atoms with Crippen molar-refractivity contribution in [2.75, 3.05) is 0 Å². The van der Waals surface area contributed by atoms with Crippen LogP contribution in [0.2, 0.25) is 0 Å². The number of rotatable bonds is 2. The Morgan fingerprint density at radius 3 is 2.28 bits per heavy atom. The van der Waals surface area contributed by atoms with Crippen LogP contribution >= 0.6 is 11.3 Å². The van der Waals surface area contributed by atoms with Crippen LogP contribution in [0.25, 0.3) is 0 Å². The summed E-state index contributed by atoms with van der Waals surface area (Å²) in [7, 11) is 0. The predicted molar refractivity (Wildman–Crippen MR) is 78.5 cm³/mol. The van der Waals surface area contributed by atoms with E-state index in [4.69, 9.17) is 0 Å².